The Labute approximate surface area is 80.8 Å². The Morgan fingerprint density at radius 3 is 2.43 bits per heavy atom. The van der Waals surface area contributed by atoms with Gasteiger partial charge in [0.1, 0.15) is 12.9 Å². The van der Waals surface area contributed by atoms with Gasteiger partial charge < -0.3 is 15.7 Å². The minimum absolute atomic E-state index is 0.0208. The van der Waals surface area contributed by atoms with Crippen LogP contribution in [-0.2, 0) is 9.63 Å². The molecule has 0 fully saturated rings. The van der Waals surface area contributed by atoms with Crippen molar-refractivity contribution in [2.75, 3.05) is 7.11 Å². The molecule has 1 amide bonds. The second kappa shape index (κ2) is 4.27. The molecule has 0 aromatic heterocycles. The average molecular weight is 194 g/mol. The number of aromatic hydroxyl groups is 1. The van der Waals surface area contributed by atoms with Crippen LogP contribution in [0.25, 0.3) is 0 Å². The lowest BCUT2D eigenvalue weighted by molar-refractivity contribution is -0.112. The van der Waals surface area contributed by atoms with E-state index < -0.39 is 5.91 Å². The topological polar surface area (TPSA) is 84.9 Å². The van der Waals surface area contributed by atoms with Gasteiger partial charge in [0.05, 0.1) is 0 Å². The monoisotopic (exact) mass is 194 g/mol. The first-order chi connectivity index (χ1) is 6.65. The van der Waals surface area contributed by atoms with Gasteiger partial charge in [-0.15, -0.1) is 0 Å². The molecule has 1 aromatic carbocycles. The van der Waals surface area contributed by atoms with Gasteiger partial charge in [-0.2, -0.15) is 0 Å². The van der Waals surface area contributed by atoms with Gasteiger partial charge in [-0.25, -0.2) is 0 Å². The van der Waals surface area contributed by atoms with Gasteiger partial charge in [0, 0.05) is 5.56 Å². The Hall–Kier alpha value is -2.04. The zero-order valence-corrected chi connectivity index (χ0v) is 7.60. The molecule has 14 heavy (non-hydrogen) atoms. The summed E-state index contributed by atoms with van der Waals surface area (Å²) in [5.41, 5.74) is 5.60. The van der Waals surface area contributed by atoms with Gasteiger partial charge in [-0.05, 0) is 24.3 Å². The molecule has 1 aromatic rings. The Bertz CT molecular complexity index is 357. The highest BCUT2D eigenvalue weighted by atomic mass is 16.6. The molecule has 5 nitrogen and oxygen atoms in total. The lowest BCUT2D eigenvalue weighted by atomic mass is 10.1. The molecule has 3 N–H and O–H groups in total. The smallest absolute Gasteiger partial charge is 0.271 e. The van der Waals surface area contributed by atoms with E-state index in [1.54, 1.807) is 0 Å². The molecule has 0 radical (unpaired) electrons. The average Bonchev–Trinajstić information content (AvgIpc) is 2.15. The number of amides is 1. The normalized spacial score (nSPS) is 11.1. The fraction of sp³-hybridized carbons (Fsp3) is 0.111. The first-order valence-corrected chi connectivity index (χ1v) is 3.85. The molecule has 0 aliphatic heterocycles. The summed E-state index contributed by atoms with van der Waals surface area (Å²) in [6, 6.07) is 5.92. The van der Waals surface area contributed by atoms with Crippen molar-refractivity contribution in [3.8, 4) is 5.75 Å². The number of benzene rings is 1. The summed E-state index contributed by atoms with van der Waals surface area (Å²) in [5.74, 6) is -0.576. The molecule has 0 spiro atoms. The molecule has 0 saturated heterocycles. The largest absolute Gasteiger partial charge is 0.508 e. The van der Waals surface area contributed by atoms with Crippen LogP contribution in [0.5, 0.6) is 5.75 Å². The summed E-state index contributed by atoms with van der Waals surface area (Å²) < 4.78 is 0. The predicted molar refractivity (Wildman–Crippen MR) is 50.8 cm³/mol. The van der Waals surface area contributed by atoms with Crippen molar-refractivity contribution in [3.63, 3.8) is 0 Å². The number of primary amides is 1. The van der Waals surface area contributed by atoms with Crippen molar-refractivity contribution < 1.29 is 14.7 Å². The van der Waals surface area contributed by atoms with Crippen molar-refractivity contribution in [3.05, 3.63) is 29.8 Å². The number of oxime groups is 1. The molecule has 0 saturated carbocycles. The summed E-state index contributed by atoms with van der Waals surface area (Å²) in [6.07, 6.45) is 0. The van der Waals surface area contributed by atoms with Crippen molar-refractivity contribution in [2.24, 2.45) is 10.9 Å². The van der Waals surface area contributed by atoms with Gasteiger partial charge >= 0.3 is 0 Å². The van der Waals surface area contributed by atoms with E-state index >= 15 is 0 Å². The Morgan fingerprint density at radius 2 is 2.00 bits per heavy atom. The van der Waals surface area contributed by atoms with Crippen LogP contribution in [0.4, 0.5) is 0 Å². The minimum atomic E-state index is -0.683. The van der Waals surface area contributed by atoms with E-state index in [1.807, 2.05) is 0 Å². The SMILES string of the molecule is CO/N=C(/C(N)=O)c1ccc(O)cc1. The van der Waals surface area contributed by atoms with Gasteiger partial charge in [-0.3, -0.25) is 4.79 Å². The van der Waals surface area contributed by atoms with Crippen molar-refractivity contribution in [2.45, 2.75) is 0 Å². The van der Waals surface area contributed by atoms with Crippen LogP contribution in [-0.4, -0.2) is 23.8 Å². The van der Waals surface area contributed by atoms with E-state index in [9.17, 15) is 4.79 Å². The number of nitrogens with two attached hydrogens (primary N) is 1. The number of hydrogen-bond acceptors (Lipinski definition) is 4. The van der Waals surface area contributed by atoms with Crippen molar-refractivity contribution in [1.82, 2.24) is 0 Å². The quantitative estimate of drug-likeness (QED) is 0.533. The third kappa shape index (κ3) is 2.22. The van der Waals surface area contributed by atoms with E-state index in [1.165, 1.54) is 31.4 Å². The van der Waals surface area contributed by atoms with Gasteiger partial charge in [0.2, 0.25) is 0 Å². The fourth-order valence-electron chi connectivity index (χ4n) is 0.951. The van der Waals surface area contributed by atoms with E-state index in [0.717, 1.165) is 0 Å². The Morgan fingerprint density at radius 1 is 1.43 bits per heavy atom. The van der Waals surface area contributed by atoms with Gasteiger partial charge in [-0.1, -0.05) is 5.16 Å². The lowest BCUT2D eigenvalue weighted by Crippen LogP contribution is -2.24. The minimum Gasteiger partial charge on any atom is -0.508 e. The lowest BCUT2D eigenvalue weighted by Gasteiger charge is -2.01. The molecule has 0 unspecified atom stereocenters. The van der Waals surface area contributed by atoms with Crippen LogP contribution in [0.2, 0.25) is 0 Å². The van der Waals surface area contributed by atoms with E-state index in [0.29, 0.717) is 5.56 Å². The zero-order chi connectivity index (χ0) is 10.6. The van der Waals surface area contributed by atoms with Crippen LogP contribution < -0.4 is 5.73 Å². The molecule has 0 atom stereocenters. The number of hydrogen-bond donors (Lipinski definition) is 2. The third-order valence-electron chi connectivity index (χ3n) is 1.56. The number of phenols is 1. The summed E-state index contributed by atoms with van der Waals surface area (Å²) in [4.78, 5) is 15.4. The molecule has 0 bridgehead atoms. The highest BCUT2D eigenvalue weighted by molar-refractivity contribution is 6.44. The highest BCUT2D eigenvalue weighted by Crippen LogP contribution is 2.10. The number of phenolic OH excluding ortho intramolecular Hbond substituents is 1. The zero-order valence-electron chi connectivity index (χ0n) is 7.60. The highest BCUT2D eigenvalue weighted by Gasteiger charge is 2.10. The summed E-state index contributed by atoms with van der Waals surface area (Å²) in [6.45, 7) is 0. The number of rotatable bonds is 3. The first-order valence-electron chi connectivity index (χ1n) is 3.85. The summed E-state index contributed by atoms with van der Waals surface area (Å²) in [5, 5.41) is 12.5. The number of carbonyl (C=O) groups is 1. The van der Waals surface area contributed by atoms with Crippen LogP contribution in [0.1, 0.15) is 5.56 Å². The molecule has 74 valence electrons. The predicted octanol–water partition coefficient (Wildman–Crippen LogP) is 0.228. The first kappa shape index (κ1) is 10.0. The summed E-state index contributed by atoms with van der Waals surface area (Å²) >= 11 is 0. The number of nitrogens with zero attached hydrogens (tertiary/aromatic N) is 1. The summed E-state index contributed by atoms with van der Waals surface area (Å²) in [7, 11) is 1.32. The Kier molecular flexibility index (Phi) is 3.06. The number of carbonyl (C=O) groups excluding carboxylic acids is 1. The Balaban J connectivity index is 3.06. The van der Waals surface area contributed by atoms with Crippen LogP contribution >= 0.6 is 0 Å². The molecule has 0 aliphatic rings. The van der Waals surface area contributed by atoms with E-state index in [4.69, 9.17) is 10.8 Å². The standard InChI is InChI=1S/C9H10N2O3/c1-14-11-8(9(10)13)6-2-4-7(12)5-3-6/h2-5,12H,1H3,(H2,10,13)/b11-8+. The van der Waals surface area contributed by atoms with Crippen molar-refractivity contribution in [1.29, 1.82) is 0 Å². The maximum atomic E-state index is 10.9. The van der Waals surface area contributed by atoms with E-state index in [-0.39, 0.29) is 11.5 Å². The van der Waals surface area contributed by atoms with Crippen LogP contribution in [0.15, 0.2) is 29.4 Å². The van der Waals surface area contributed by atoms with Gasteiger partial charge in [0.25, 0.3) is 5.91 Å². The van der Waals surface area contributed by atoms with Crippen molar-refractivity contribution >= 4 is 11.6 Å². The fourth-order valence-corrected chi connectivity index (χ4v) is 0.951. The maximum Gasteiger partial charge on any atom is 0.271 e. The second-order valence-electron chi connectivity index (χ2n) is 2.53. The van der Waals surface area contributed by atoms with Gasteiger partial charge in [0.15, 0.2) is 5.71 Å². The van der Waals surface area contributed by atoms with Crippen LogP contribution in [0.3, 0.4) is 0 Å². The maximum absolute atomic E-state index is 10.9. The molecule has 1 rings (SSSR count). The molecule has 0 aliphatic carbocycles. The second-order valence-corrected chi connectivity index (χ2v) is 2.53. The van der Waals surface area contributed by atoms with Crippen LogP contribution in [0, 0.1) is 0 Å². The molecule has 5 heteroatoms. The van der Waals surface area contributed by atoms with E-state index in [2.05, 4.69) is 9.99 Å². The third-order valence-corrected chi connectivity index (χ3v) is 1.56. The molecular weight excluding hydrogens is 184 g/mol. The molecule has 0 heterocycles. The molecular formula is C9H10N2O3.